The summed E-state index contributed by atoms with van der Waals surface area (Å²) in [4.78, 5) is 60.5. The Morgan fingerprint density at radius 2 is 1.95 bits per heavy atom. The predicted molar refractivity (Wildman–Crippen MR) is 201 cm³/mol. The number of fused-ring (bicyclic) bond motifs is 1. The van der Waals surface area contributed by atoms with Crippen molar-refractivity contribution >= 4 is 40.3 Å². The van der Waals surface area contributed by atoms with E-state index in [1.807, 2.05) is 0 Å². The Balaban J connectivity index is 0.927. The number of aromatic nitrogens is 4. The quantitative estimate of drug-likeness (QED) is 0.178. The van der Waals surface area contributed by atoms with Gasteiger partial charge in [0.05, 0.1) is 36.2 Å². The van der Waals surface area contributed by atoms with Gasteiger partial charge < -0.3 is 36.0 Å². The van der Waals surface area contributed by atoms with Crippen LogP contribution in [0.3, 0.4) is 0 Å². The summed E-state index contributed by atoms with van der Waals surface area (Å²) in [5.74, 6) is -0.0962. The van der Waals surface area contributed by atoms with E-state index in [-0.39, 0.29) is 48.4 Å². The number of carbonyl (C=O) groups excluding carboxylic acids is 3. The normalized spacial score (nSPS) is 27.9. The first kappa shape index (κ1) is 36.9. The number of methoxy groups -OCH3 is 1. The lowest BCUT2D eigenvalue weighted by atomic mass is 9.44. The minimum atomic E-state index is -1.32. The molecule has 6 N–H and O–H groups in total. The molecule has 3 saturated heterocycles. The highest BCUT2D eigenvalue weighted by Crippen LogP contribution is 2.64. The minimum absolute atomic E-state index is 0.140. The van der Waals surface area contributed by atoms with Crippen LogP contribution in [0, 0.1) is 17.2 Å². The Bertz CT molecular complexity index is 2050. The van der Waals surface area contributed by atoms with Crippen molar-refractivity contribution in [3.63, 3.8) is 0 Å². The zero-order valence-corrected chi connectivity index (χ0v) is 30.8. The number of carbonyl (C=O) groups is 3. The van der Waals surface area contributed by atoms with E-state index in [9.17, 15) is 19.5 Å². The maximum atomic E-state index is 15.3. The number of nitrogens with zero attached hydrogens (tertiary/aromatic N) is 6. The number of hydrogen-bond donors (Lipinski definition) is 5. The maximum absolute atomic E-state index is 15.3. The molecule has 4 fully saturated rings. The summed E-state index contributed by atoms with van der Waals surface area (Å²) < 4.78 is 20.8. The summed E-state index contributed by atoms with van der Waals surface area (Å²) in [6.45, 7) is 3.75. The topological polar surface area (TPSA) is 201 Å². The van der Waals surface area contributed by atoms with E-state index in [0.717, 1.165) is 45.6 Å². The number of piperidine rings is 2. The summed E-state index contributed by atoms with van der Waals surface area (Å²) in [5, 5.41) is 19.0. The maximum Gasteiger partial charge on any atom is 0.249 e. The molecule has 8 rings (SSSR count). The van der Waals surface area contributed by atoms with Crippen LogP contribution in [0.15, 0.2) is 60.8 Å². The third kappa shape index (κ3) is 7.02. The largest absolute Gasteiger partial charge is 0.501 e. The highest BCUT2D eigenvalue weighted by Gasteiger charge is 2.69. The highest BCUT2D eigenvalue weighted by molar-refractivity contribution is 6.01. The van der Waals surface area contributed by atoms with Crippen LogP contribution in [0.4, 0.5) is 15.8 Å². The number of halogens is 1. The van der Waals surface area contributed by atoms with E-state index < -0.39 is 23.0 Å². The van der Waals surface area contributed by atoms with Crippen LogP contribution in [0.1, 0.15) is 56.7 Å². The van der Waals surface area contributed by atoms with Gasteiger partial charge in [-0.05, 0) is 62.3 Å². The average Bonchev–Trinajstić information content (AvgIpc) is 3.15. The van der Waals surface area contributed by atoms with Crippen molar-refractivity contribution in [3.05, 3.63) is 72.4 Å². The van der Waals surface area contributed by atoms with Gasteiger partial charge in [0.1, 0.15) is 28.7 Å². The zero-order valence-electron chi connectivity index (χ0n) is 30.8. The number of nitrogens with one attached hydrogen (secondary N) is 3. The Morgan fingerprint density at radius 1 is 1.15 bits per heavy atom. The second kappa shape index (κ2) is 14.5. The lowest BCUT2D eigenvalue weighted by Gasteiger charge is -2.69. The molecule has 2 aliphatic carbocycles. The summed E-state index contributed by atoms with van der Waals surface area (Å²) in [6.07, 6.45) is 13.6. The Morgan fingerprint density at radius 3 is 2.69 bits per heavy atom. The van der Waals surface area contributed by atoms with Crippen LogP contribution < -0.4 is 26.6 Å². The first-order valence-corrected chi connectivity index (χ1v) is 19.0. The molecule has 1 aromatic carbocycles. The third-order valence-electron chi connectivity index (χ3n) is 12.2. The van der Waals surface area contributed by atoms with Crippen molar-refractivity contribution in [2.45, 2.75) is 68.0 Å². The molecule has 5 aliphatic rings. The molecule has 3 amide bonds. The van der Waals surface area contributed by atoms with Crippen molar-refractivity contribution < 1.29 is 28.6 Å². The SMILES string of the molecule is COC1=CC=CC(N)(C(=O)NC2(CCO)CC3(CN(CC4CCN(c5ccc(NC6CCC(=O)NC6=O)cc5F)CC4)C3)C2c2ncc3nccnc3n2)C1. The number of hydrogen-bond acceptors (Lipinski definition) is 13. The number of imide groups is 1. The number of amides is 3. The van der Waals surface area contributed by atoms with E-state index >= 15 is 4.39 Å². The standard InChI is InChI=1S/C39H47FN10O5/c1-55-26-3-2-10-38(41,18-26)36(54)48-39(11-16-51)21-37(32(39)34-44-19-29-33(47-34)43-13-12-42-29)22-49(23-37)20-24-8-14-50(15-9-24)30-6-4-25(17-27(30)40)45-28-5-7-31(52)46-35(28)53/h2-4,6,10,12-13,17,19,24,28,32,45,51H,5,7-9,11,14-16,18,20-23,41H2,1H3,(H,48,54)(H,46,52,53). The number of rotatable bonds is 11. The smallest absolute Gasteiger partial charge is 0.249 e. The first-order valence-electron chi connectivity index (χ1n) is 19.0. The predicted octanol–water partition coefficient (Wildman–Crippen LogP) is 1.91. The van der Waals surface area contributed by atoms with Crippen LogP contribution in [0.25, 0.3) is 11.2 Å². The van der Waals surface area contributed by atoms with Crippen molar-refractivity contribution in [1.82, 2.24) is 35.5 Å². The summed E-state index contributed by atoms with van der Waals surface area (Å²) in [5.41, 5.74) is 6.37. The van der Waals surface area contributed by atoms with Crippen molar-refractivity contribution in [1.29, 1.82) is 0 Å². The van der Waals surface area contributed by atoms with Crippen LogP contribution >= 0.6 is 0 Å². The fraction of sp³-hybridized carbons (Fsp3) is 0.513. The fourth-order valence-electron chi connectivity index (χ4n) is 9.59. The van der Waals surface area contributed by atoms with Gasteiger partial charge in [0.15, 0.2) is 5.65 Å². The number of aliphatic hydroxyl groups excluding tert-OH is 1. The van der Waals surface area contributed by atoms with Crippen LogP contribution in [-0.2, 0) is 19.1 Å². The zero-order chi connectivity index (χ0) is 38.4. The number of aliphatic hydroxyl groups is 1. The molecule has 290 valence electrons. The number of ether oxygens (including phenoxy) is 1. The molecular formula is C39H47FN10O5. The molecular weight excluding hydrogens is 707 g/mol. The molecule has 4 atom stereocenters. The number of nitrogens with two attached hydrogens (primary N) is 1. The van der Waals surface area contributed by atoms with E-state index in [2.05, 4.69) is 35.7 Å². The molecule has 0 bridgehead atoms. The molecule has 15 nitrogen and oxygen atoms in total. The number of likely N-dealkylation sites (tertiary alicyclic amines) is 1. The minimum Gasteiger partial charge on any atom is -0.501 e. The summed E-state index contributed by atoms with van der Waals surface area (Å²) in [7, 11) is 1.55. The molecule has 3 aromatic rings. The number of allylic oxidation sites excluding steroid dienone is 2. The Labute approximate surface area is 318 Å². The molecule has 2 aromatic heterocycles. The van der Waals surface area contributed by atoms with Gasteiger partial charge in [-0.2, -0.15) is 0 Å². The monoisotopic (exact) mass is 754 g/mol. The summed E-state index contributed by atoms with van der Waals surface area (Å²) >= 11 is 0. The Kier molecular flexibility index (Phi) is 9.76. The third-order valence-corrected chi connectivity index (χ3v) is 12.2. The van der Waals surface area contributed by atoms with Crippen LogP contribution in [-0.4, -0.2) is 111 Å². The Hall–Kier alpha value is -5.06. The lowest BCUT2D eigenvalue weighted by molar-refractivity contribution is -0.162. The molecule has 5 heterocycles. The number of anilines is 2. The second-order valence-corrected chi connectivity index (χ2v) is 15.9. The van der Waals surface area contributed by atoms with Gasteiger partial charge in [0.25, 0.3) is 0 Å². The van der Waals surface area contributed by atoms with E-state index in [4.69, 9.17) is 20.4 Å². The molecule has 0 radical (unpaired) electrons. The van der Waals surface area contributed by atoms with E-state index in [1.54, 1.807) is 56.1 Å². The van der Waals surface area contributed by atoms with Gasteiger partial charge >= 0.3 is 0 Å². The molecule has 3 aliphatic heterocycles. The molecule has 1 spiro atoms. The number of benzene rings is 1. The van der Waals surface area contributed by atoms with Crippen molar-refractivity contribution in [2.75, 3.05) is 56.7 Å². The van der Waals surface area contributed by atoms with Gasteiger partial charge in [-0.25, -0.2) is 24.3 Å². The average molecular weight is 755 g/mol. The molecule has 16 heteroatoms. The van der Waals surface area contributed by atoms with E-state index in [0.29, 0.717) is 59.3 Å². The van der Waals surface area contributed by atoms with Gasteiger partial charge in [-0.1, -0.05) is 12.2 Å². The molecule has 4 unspecified atom stereocenters. The second-order valence-electron chi connectivity index (χ2n) is 15.9. The molecule has 55 heavy (non-hydrogen) atoms. The first-order chi connectivity index (χ1) is 26.5. The van der Waals surface area contributed by atoms with E-state index in [1.165, 1.54) is 6.07 Å². The van der Waals surface area contributed by atoms with Crippen molar-refractivity contribution in [2.24, 2.45) is 17.1 Å². The highest BCUT2D eigenvalue weighted by atomic mass is 19.1. The van der Waals surface area contributed by atoms with Gasteiger partial charge in [0.2, 0.25) is 17.7 Å². The molecule has 1 saturated carbocycles. The fourth-order valence-corrected chi connectivity index (χ4v) is 9.59. The summed E-state index contributed by atoms with van der Waals surface area (Å²) in [6, 6.07) is 4.37. The lowest BCUT2D eigenvalue weighted by Crippen LogP contribution is -2.78. The van der Waals surface area contributed by atoms with Gasteiger partial charge in [0, 0.05) is 75.7 Å². The van der Waals surface area contributed by atoms with Gasteiger partial charge in [-0.15, -0.1) is 0 Å². The van der Waals surface area contributed by atoms with Gasteiger partial charge in [-0.3, -0.25) is 19.7 Å². The van der Waals surface area contributed by atoms with Crippen molar-refractivity contribution in [3.8, 4) is 0 Å². The van der Waals surface area contributed by atoms with Crippen LogP contribution in [0.2, 0.25) is 0 Å². The van der Waals surface area contributed by atoms with Crippen LogP contribution in [0.5, 0.6) is 0 Å².